The third-order valence-electron chi connectivity index (χ3n) is 2.82. The summed E-state index contributed by atoms with van der Waals surface area (Å²) in [6.07, 6.45) is 5.80. The number of aromatic nitrogens is 4. The quantitative estimate of drug-likeness (QED) is 0.916. The zero-order valence-electron chi connectivity index (χ0n) is 11.9. The summed E-state index contributed by atoms with van der Waals surface area (Å²) in [5.41, 5.74) is 1.18. The van der Waals surface area contributed by atoms with Gasteiger partial charge in [0, 0.05) is 36.5 Å². The molecule has 0 aliphatic carbocycles. The molecular formula is C13H22ClN5. The molecule has 19 heavy (non-hydrogen) atoms. The van der Waals surface area contributed by atoms with E-state index in [2.05, 4.69) is 49.4 Å². The van der Waals surface area contributed by atoms with Crippen molar-refractivity contribution in [3.05, 3.63) is 30.2 Å². The number of rotatable bonds is 5. The summed E-state index contributed by atoms with van der Waals surface area (Å²) in [5, 5.41) is 12.0. The summed E-state index contributed by atoms with van der Waals surface area (Å²) >= 11 is 0. The number of halogens is 1. The van der Waals surface area contributed by atoms with E-state index < -0.39 is 0 Å². The monoisotopic (exact) mass is 283 g/mol. The molecule has 5 nitrogen and oxygen atoms in total. The lowest BCUT2D eigenvalue weighted by Gasteiger charge is -2.11. The molecule has 0 aliphatic heterocycles. The fourth-order valence-electron chi connectivity index (χ4n) is 1.81. The van der Waals surface area contributed by atoms with E-state index in [4.69, 9.17) is 0 Å². The summed E-state index contributed by atoms with van der Waals surface area (Å²) < 4.78 is 3.95. The van der Waals surface area contributed by atoms with E-state index in [-0.39, 0.29) is 12.4 Å². The number of hydrogen-bond donors (Lipinski definition) is 1. The lowest BCUT2D eigenvalue weighted by Crippen LogP contribution is -2.09. The molecule has 0 fully saturated rings. The SMILES string of the molecule is CC(C)n1cc(CNc2ccnn2C(C)C)cn1.Cl. The Kier molecular flexibility index (Phi) is 5.42. The van der Waals surface area contributed by atoms with Gasteiger partial charge in [-0.1, -0.05) is 0 Å². The van der Waals surface area contributed by atoms with Crippen LogP contribution in [0.2, 0.25) is 0 Å². The normalized spacial score (nSPS) is 10.8. The molecular weight excluding hydrogens is 262 g/mol. The average Bonchev–Trinajstić information content (AvgIpc) is 2.95. The summed E-state index contributed by atoms with van der Waals surface area (Å²) in [7, 11) is 0. The lowest BCUT2D eigenvalue weighted by molar-refractivity contribution is 0.532. The molecule has 2 aromatic heterocycles. The Bertz CT molecular complexity index is 501. The fraction of sp³-hybridized carbons (Fsp3) is 0.538. The molecule has 0 saturated heterocycles. The van der Waals surface area contributed by atoms with Gasteiger partial charge in [0.2, 0.25) is 0 Å². The van der Waals surface area contributed by atoms with Crippen molar-refractivity contribution in [3.63, 3.8) is 0 Å². The van der Waals surface area contributed by atoms with Crippen molar-refractivity contribution < 1.29 is 0 Å². The second-order valence-electron chi connectivity index (χ2n) is 5.03. The molecule has 0 spiro atoms. The standard InChI is InChI=1S/C13H21N5.ClH/c1-10(2)17-9-12(8-16-17)7-14-13-5-6-15-18(13)11(3)4;/h5-6,8-11,14H,7H2,1-4H3;1H. The van der Waals surface area contributed by atoms with Crippen LogP contribution >= 0.6 is 12.4 Å². The van der Waals surface area contributed by atoms with Gasteiger partial charge in [0.25, 0.3) is 0 Å². The molecule has 0 atom stereocenters. The number of hydrogen-bond acceptors (Lipinski definition) is 3. The van der Waals surface area contributed by atoms with Gasteiger partial charge in [0.05, 0.1) is 12.4 Å². The van der Waals surface area contributed by atoms with Crippen LogP contribution < -0.4 is 5.32 Å². The maximum Gasteiger partial charge on any atom is 0.124 e. The van der Waals surface area contributed by atoms with E-state index >= 15 is 0 Å². The van der Waals surface area contributed by atoms with Gasteiger partial charge < -0.3 is 5.32 Å². The van der Waals surface area contributed by atoms with Gasteiger partial charge in [0.1, 0.15) is 5.82 Å². The Balaban J connectivity index is 0.00000180. The van der Waals surface area contributed by atoms with Crippen molar-refractivity contribution in [3.8, 4) is 0 Å². The highest BCUT2D eigenvalue weighted by Gasteiger charge is 2.06. The van der Waals surface area contributed by atoms with Crippen LogP contribution in [0.3, 0.4) is 0 Å². The molecule has 0 aliphatic rings. The van der Waals surface area contributed by atoms with Crippen molar-refractivity contribution in [2.45, 2.75) is 46.3 Å². The first-order valence-corrected chi connectivity index (χ1v) is 6.38. The predicted molar refractivity (Wildman–Crippen MR) is 79.8 cm³/mol. The number of anilines is 1. The van der Waals surface area contributed by atoms with Gasteiger partial charge in [-0.25, -0.2) is 4.68 Å². The van der Waals surface area contributed by atoms with Gasteiger partial charge in [0.15, 0.2) is 0 Å². The van der Waals surface area contributed by atoms with Crippen LogP contribution in [0.15, 0.2) is 24.7 Å². The molecule has 0 amide bonds. The Morgan fingerprint density at radius 3 is 2.47 bits per heavy atom. The Morgan fingerprint density at radius 1 is 1.16 bits per heavy atom. The summed E-state index contributed by atoms with van der Waals surface area (Å²) in [6, 6.07) is 2.76. The fourth-order valence-corrected chi connectivity index (χ4v) is 1.81. The molecule has 0 unspecified atom stereocenters. The Morgan fingerprint density at radius 2 is 1.89 bits per heavy atom. The minimum atomic E-state index is 0. The first kappa shape index (κ1) is 15.6. The molecule has 0 radical (unpaired) electrons. The first-order chi connectivity index (χ1) is 8.58. The van der Waals surface area contributed by atoms with E-state index in [1.54, 1.807) is 0 Å². The minimum Gasteiger partial charge on any atom is -0.366 e. The van der Waals surface area contributed by atoms with E-state index in [0.29, 0.717) is 12.1 Å². The van der Waals surface area contributed by atoms with E-state index in [0.717, 1.165) is 12.4 Å². The lowest BCUT2D eigenvalue weighted by atomic mass is 10.3. The van der Waals surface area contributed by atoms with Gasteiger partial charge in [-0.2, -0.15) is 10.2 Å². The third-order valence-corrected chi connectivity index (χ3v) is 2.82. The molecule has 106 valence electrons. The van der Waals surface area contributed by atoms with E-state index in [9.17, 15) is 0 Å². The molecule has 2 aromatic rings. The van der Waals surface area contributed by atoms with Crippen molar-refractivity contribution in [2.24, 2.45) is 0 Å². The zero-order valence-corrected chi connectivity index (χ0v) is 12.7. The van der Waals surface area contributed by atoms with Gasteiger partial charge in [-0.15, -0.1) is 12.4 Å². The summed E-state index contributed by atoms with van der Waals surface area (Å²) in [5.74, 6) is 1.04. The topological polar surface area (TPSA) is 47.7 Å². The molecule has 0 saturated carbocycles. The van der Waals surface area contributed by atoms with Crippen LogP contribution in [-0.2, 0) is 6.54 Å². The third kappa shape index (κ3) is 3.73. The van der Waals surface area contributed by atoms with Crippen LogP contribution in [0, 0.1) is 0 Å². The smallest absolute Gasteiger partial charge is 0.124 e. The van der Waals surface area contributed by atoms with Crippen LogP contribution in [0.5, 0.6) is 0 Å². The zero-order chi connectivity index (χ0) is 13.1. The summed E-state index contributed by atoms with van der Waals surface area (Å²) in [6.45, 7) is 9.26. The second-order valence-corrected chi connectivity index (χ2v) is 5.03. The maximum absolute atomic E-state index is 4.33. The molecule has 0 bridgehead atoms. The Hall–Kier alpha value is -1.49. The van der Waals surface area contributed by atoms with Crippen molar-refractivity contribution in [1.82, 2.24) is 19.6 Å². The van der Waals surface area contributed by atoms with Gasteiger partial charge in [-0.05, 0) is 27.7 Å². The first-order valence-electron chi connectivity index (χ1n) is 6.38. The summed E-state index contributed by atoms with van der Waals surface area (Å²) in [4.78, 5) is 0. The van der Waals surface area contributed by atoms with Crippen LogP contribution in [0.25, 0.3) is 0 Å². The van der Waals surface area contributed by atoms with Crippen LogP contribution in [0.1, 0.15) is 45.3 Å². The number of nitrogens with zero attached hydrogens (tertiary/aromatic N) is 4. The second kappa shape index (κ2) is 6.61. The molecule has 2 rings (SSSR count). The van der Waals surface area contributed by atoms with Gasteiger partial charge in [-0.3, -0.25) is 4.68 Å². The Labute approximate surface area is 120 Å². The predicted octanol–water partition coefficient (Wildman–Crippen LogP) is 3.28. The van der Waals surface area contributed by atoms with Crippen LogP contribution in [-0.4, -0.2) is 19.6 Å². The molecule has 0 aromatic carbocycles. The largest absolute Gasteiger partial charge is 0.366 e. The van der Waals surface area contributed by atoms with Crippen molar-refractivity contribution in [2.75, 3.05) is 5.32 Å². The van der Waals surface area contributed by atoms with E-state index in [1.807, 2.05) is 27.8 Å². The maximum atomic E-state index is 4.33. The highest BCUT2D eigenvalue weighted by Crippen LogP contribution is 2.14. The molecule has 2 heterocycles. The van der Waals surface area contributed by atoms with Gasteiger partial charge >= 0.3 is 0 Å². The van der Waals surface area contributed by atoms with E-state index in [1.165, 1.54) is 5.56 Å². The number of nitrogens with one attached hydrogen (secondary N) is 1. The highest BCUT2D eigenvalue weighted by molar-refractivity contribution is 5.85. The van der Waals surface area contributed by atoms with Crippen molar-refractivity contribution >= 4 is 18.2 Å². The van der Waals surface area contributed by atoms with Crippen molar-refractivity contribution in [1.29, 1.82) is 0 Å². The highest BCUT2D eigenvalue weighted by atomic mass is 35.5. The van der Waals surface area contributed by atoms with Crippen LogP contribution in [0.4, 0.5) is 5.82 Å². The molecule has 1 N–H and O–H groups in total. The average molecular weight is 284 g/mol. The molecule has 6 heteroatoms. The minimum absolute atomic E-state index is 0.